The number of aromatic hydroxyl groups is 2. The van der Waals surface area contributed by atoms with Crippen molar-refractivity contribution in [2.45, 2.75) is 0 Å². The van der Waals surface area contributed by atoms with Crippen molar-refractivity contribution < 1.29 is 15.0 Å². The van der Waals surface area contributed by atoms with Crippen LogP contribution in [0.1, 0.15) is 10.4 Å². The lowest BCUT2D eigenvalue weighted by Crippen LogP contribution is -2.32. The molecule has 2 aromatic rings. The molecule has 0 unspecified atom stereocenters. The summed E-state index contributed by atoms with van der Waals surface area (Å²) in [6, 6.07) is 4.34. The summed E-state index contributed by atoms with van der Waals surface area (Å²) in [6.07, 6.45) is 0. The first-order chi connectivity index (χ1) is 9.34. The smallest absolute Gasteiger partial charge is 0.271 e. The van der Waals surface area contributed by atoms with Gasteiger partial charge >= 0.3 is 0 Å². The van der Waals surface area contributed by atoms with E-state index < -0.39 is 22.5 Å². The highest BCUT2D eigenvalue weighted by Gasteiger charge is 2.22. The van der Waals surface area contributed by atoms with E-state index in [1.807, 2.05) is 0 Å². The van der Waals surface area contributed by atoms with Crippen molar-refractivity contribution in [3.05, 3.63) is 44.2 Å². The Labute approximate surface area is 113 Å². The minimum absolute atomic E-state index is 0.0400. The fourth-order valence-corrected chi connectivity index (χ4v) is 1.69. The van der Waals surface area contributed by atoms with E-state index in [9.17, 15) is 24.6 Å². The number of carbonyl (C=O) groups excluding carboxylic acids is 1. The summed E-state index contributed by atoms with van der Waals surface area (Å²) in [7, 11) is 3.06. The Kier molecular flexibility index (Phi) is 3.19. The number of rotatable bonds is 3. The summed E-state index contributed by atoms with van der Waals surface area (Å²) in [5.41, 5.74) is -2.04. The summed E-state index contributed by atoms with van der Waals surface area (Å²) >= 11 is 0. The van der Waals surface area contributed by atoms with Crippen LogP contribution < -0.4 is 16.2 Å². The highest BCUT2D eigenvalue weighted by Crippen LogP contribution is 2.31. The van der Waals surface area contributed by atoms with E-state index in [-0.39, 0.29) is 22.7 Å². The third-order valence-electron chi connectivity index (χ3n) is 2.82. The Bertz CT molecular complexity index is 757. The van der Waals surface area contributed by atoms with Crippen LogP contribution in [0.25, 0.3) is 0 Å². The fourth-order valence-electron chi connectivity index (χ4n) is 1.69. The minimum Gasteiger partial charge on any atom is -0.505 e. The molecule has 0 saturated carbocycles. The molecule has 0 aliphatic heterocycles. The molecule has 0 heterocycles. The summed E-state index contributed by atoms with van der Waals surface area (Å²) in [5, 5.41) is 21.7. The van der Waals surface area contributed by atoms with Crippen molar-refractivity contribution in [1.82, 2.24) is 4.90 Å². The molecule has 0 spiro atoms. The molecule has 2 aromatic carbocycles. The van der Waals surface area contributed by atoms with Crippen molar-refractivity contribution in [2.75, 3.05) is 19.4 Å². The molecule has 20 heavy (non-hydrogen) atoms. The van der Waals surface area contributed by atoms with E-state index in [0.29, 0.717) is 0 Å². The summed E-state index contributed by atoms with van der Waals surface area (Å²) < 4.78 is 0. The van der Waals surface area contributed by atoms with Gasteiger partial charge in [-0.25, -0.2) is 0 Å². The molecule has 3 N–H and O–H groups in total. The third-order valence-corrected chi connectivity index (χ3v) is 2.82. The summed E-state index contributed by atoms with van der Waals surface area (Å²) in [4.78, 5) is 35.2. The molecule has 0 atom stereocenters. The van der Waals surface area contributed by atoms with E-state index in [2.05, 4.69) is 5.32 Å². The number of hydrogen-bond donors (Lipinski definition) is 3. The van der Waals surface area contributed by atoms with Crippen LogP contribution >= 0.6 is 0 Å². The van der Waals surface area contributed by atoms with Crippen molar-refractivity contribution >= 4 is 17.3 Å². The predicted octanol–water partition coefficient (Wildman–Crippen LogP) is 0.139. The van der Waals surface area contributed by atoms with Gasteiger partial charge in [-0.1, -0.05) is 6.07 Å². The molecule has 104 valence electrons. The molecule has 0 saturated heterocycles. The number of phenols is 1. The zero-order valence-corrected chi connectivity index (χ0v) is 10.8. The standard InChI is InChI=1S/C13H12N2O5/c1-15(2)13(20)6-4-3-5-7(9(6)16)14-8-10(17)12(19)11(8)18/h3-5,14,16-17H,1-2H3. The van der Waals surface area contributed by atoms with Gasteiger partial charge in [0.25, 0.3) is 16.8 Å². The third kappa shape index (κ3) is 1.99. The van der Waals surface area contributed by atoms with Gasteiger partial charge in [-0.3, -0.25) is 14.4 Å². The number of nitrogens with one attached hydrogen (secondary N) is 1. The summed E-state index contributed by atoms with van der Waals surface area (Å²) in [5.74, 6) is -1.46. The molecule has 0 aliphatic rings. The Morgan fingerprint density at radius 3 is 2.30 bits per heavy atom. The maximum atomic E-state index is 11.8. The lowest BCUT2D eigenvalue weighted by Gasteiger charge is -2.15. The molecule has 0 fully saturated rings. The molecule has 7 nitrogen and oxygen atoms in total. The van der Waals surface area contributed by atoms with Gasteiger partial charge < -0.3 is 20.4 Å². The Hall–Kier alpha value is -2.83. The number of amides is 1. The van der Waals surface area contributed by atoms with E-state index in [1.165, 1.54) is 37.2 Å². The van der Waals surface area contributed by atoms with Gasteiger partial charge in [-0.2, -0.15) is 0 Å². The fraction of sp³-hybridized carbons (Fsp3) is 0.154. The van der Waals surface area contributed by atoms with Gasteiger partial charge in [0.05, 0.1) is 11.3 Å². The van der Waals surface area contributed by atoms with Gasteiger partial charge in [0.1, 0.15) is 5.69 Å². The topological polar surface area (TPSA) is 107 Å². The highest BCUT2D eigenvalue weighted by molar-refractivity contribution is 5.98. The lowest BCUT2D eigenvalue weighted by atomic mass is 10.1. The molecule has 0 aliphatic carbocycles. The van der Waals surface area contributed by atoms with Gasteiger partial charge in [0, 0.05) is 14.1 Å². The van der Waals surface area contributed by atoms with Crippen LogP contribution in [-0.2, 0) is 0 Å². The van der Waals surface area contributed by atoms with E-state index >= 15 is 0 Å². The first-order valence-corrected chi connectivity index (χ1v) is 5.67. The second kappa shape index (κ2) is 4.69. The number of carbonyl (C=O) groups is 1. The Morgan fingerprint density at radius 2 is 1.75 bits per heavy atom. The Balaban J connectivity index is 2.40. The molecular formula is C13H12N2O5. The minimum atomic E-state index is -0.979. The van der Waals surface area contributed by atoms with E-state index in [1.54, 1.807) is 0 Å². The molecular weight excluding hydrogens is 264 g/mol. The Morgan fingerprint density at radius 1 is 1.10 bits per heavy atom. The normalized spacial score (nSPS) is 10.5. The van der Waals surface area contributed by atoms with Crippen LogP contribution in [0, 0.1) is 0 Å². The first-order valence-electron chi connectivity index (χ1n) is 5.67. The first kappa shape index (κ1) is 13.6. The van der Waals surface area contributed by atoms with Crippen LogP contribution in [0.2, 0.25) is 0 Å². The van der Waals surface area contributed by atoms with Gasteiger partial charge in [-0.05, 0) is 12.1 Å². The second-order valence-electron chi connectivity index (χ2n) is 4.41. The lowest BCUT2D eigenvalue weighted by molar-refractivity contribution is 0.0825. The monoisotopic (exact) mass is 276 g/mol. The molecule has 0 aromatic heterocycles. The molecule has 0 radical (unpaired) electrons. The zero-order chi connectivity index (χ0) is 15.0. The second-order valence-corrected chi connectivity index (χ2v) is 4.41. The number of anilines is 2. The molecule has 1 amide bonds. The van der Waals surface area contributed by atoms with Crippen LogP contribution in [0.4, 0.5) is 11.4 Å². The largest absolute Gasteiger partial charge is 0.505 e. The zero-order valence-electron chi connectivity index (χ0n) is 10.8. The van der Waals surface area contributed by atoms with Crippen LogP contribution in [-0.4, -0.2) is 35.1 Å². The molecule has 2 rings (SSSR count). The van der Waals surface area contributed by atoms with E-state index in [4.69, 9.17) is 0 Å². The average Bonchev–Trinajstić information content (AvgIpc) is 2.44. The van der Waals surface area contributed by atoms with Crippen LogP contribution in [0.15, 0.2) is 27.8 Å². The SMILES string of the molecule is CN(C)C(=O)c1cccc(Nc2c(O)c(=O)c2=O)c1O. The number of hydrogen-bond acceptors (Lipinski definition) is 6. The maximum Gasteiger partial charge on any atom is 0.271 e. The van der Waals surface area contributed by atoms with Gasteiger partial charge in [-0.15, -0.1) is 0 Å². The van der Waals surface area contributed by atoms with Crippen molar-refractivity contribution in [2.24, 2.45) is 0 Å². The molecule has 0 bridgehead atoms. The quantitative estimate of drug-likeness (QED) is 0.543. The number of phenolic OH excluding ortho intramolecular Hbond substituents is 1. The van der Waals surface area contributed by atoms with Crippen LogP contribution in [0.5, 0.6) is 11.5 Å². The molecule has 7 heteroatoms. The average molecular weight is 276 g/mol. The van der Waals surface area contributed by atoms with Crippen LogP contribution in [0.3, 0.4) is 0 Å². The van der Waals surface area contributed by atoms with Gasteiger partial charge in [0.2, 0.25) is 0 Å². The number of nitrogens with zero attached hydrogens (tertiary/aromatic N) is 1. The maximum absolute atomic E-state index is 11.8. The highest BCUT2D eigenvalue weighted by atomic mass is 16.3. The van der Waals surface area contributed by atoms with E-state index in [0.717, 1.165) is 0 Å². The number of para-hydroxylation sites is 1. The number of benzene rings is 1. The van der Waals surface area contributed by atoms with Crippen molar-refractivity contribution in [3.8, 4) is 11.5 Å². The van der Waals surface area contributed by atoms with Crippen molar-refractivity contribution in [1.29, 1.82) is 0 Å². The summed E-state index contributed by atoms with van der Waals surface area (Å²) in [6.45, 7) is 0. The van der Waals surface area contributed by atoms with Crippen molar-refractivity contribution in [3.63, 3.8) is 0 Å². The predicted molar refractivity (Wildman–Crippen MR) is 72.4 cm³/mol. The van der Waals surface area contributed by atoms with Gasteiger partial charge in [0.15, 0.2) is 11.5 Å².